The Morgan fingerprint density at radius 2 is 2.43 bits per heavy atom. The molecule has 0 aliphatic heterocycles. The molecule has 1 heterocycles. The zero-order chi connectivity index (χ0) is 10.7. The van der Waals surface area contributed by atoms with E-state index in [9.17, 15) is 10.3 Å². The molecule has 0 saturated carbocycles. The largest absolute Gasteiger partial charge is 0.594 e. The van der Waals surface area contributed by atoms with Crippen LogP contribution in [0.5, 0.6) is 0 Å². The van der Waals surface area contributed by atoms with Gasteiger partial charge in [0.2, 0.25) is 0 Å². The quantitative estimate of drug-likeness (QED) is 0.459. The third-order valence-corrected chi connectivity index (χ3v) is 2.20. The predicted octanol–water partition coefficient (Wildman–Crippen LogP) is -0.805. The first-order valence-electron chi connectivity index (χ1n) is 4.05. The average molecular weight is 222 g/mol. The Labute approximate surface area is 85.9 Å². The van der Waals surface area contributed by atoms with Crippen LogP contribution < -0.4 is 5.23 Å². The van der Waals surface area contributed by atoms with Crippen molar-refractivity contribution in [1.82, 2.24) is 9.55 Å². The maximum atomic E-state index is 10.7. The van der Waals surface area contributed by atoms with Crippen molar-refractivity contribution in [1.29, 1.82) is 0 Å². The molecule has 0 aliphatic carbocycles. The summed E-state index contributed by atoms with van der Waals surface area (Å²) in [7, 11) is 0. The van der Waals surface area contributed by atoms with Crippen LogP contribution in [-0.2, 0) is 6.54 Å². The average Bonchev–Trinajstić information content (AvgIpc) is 2.48. The highest BCUT2D eigenvalue weighted by atomic mass is 35.5. The summed E-state index contributed by atoms with van der Waals surface area (Å²) in [4.78, 5) is 3.85. The van der Waals surface area contributed by atoms with Gasteiger partial charge in [-0.1, -0.05) is 0 Å². The first kappa shape index (κ1) is 11.4. The fourth-order valence-corrected chi connectivity index (χ4v) is 1.23. The van der Waals surface area contributed by atoms with Crippen LogP contribution in [0.3, 0.4) is 0 Å². The second-order valence-electron chi connectivity index (χ2n) is 2.91. The standard InChI is InChI=1S/C7H12ClN3O3/c1-5-9-3-7(11(13)14)10(5)4-6(12)2-8/h3,6,11-13H,2,4H2,1H3. The first-order chi connectivity index (χ1) is 6.56. The lowest BCUT2D eigenvalue weighted by molar-refractivity contribution is -0.994. The van der Waals surface area contributed by atoms with Gasteiger partial charge in [-0.3, -0.25) is 4.57 Å². The van der Waals surface area contributed by atoms with E-state index in [-0.39, 0.29) is 18.2 Å². The van der Waals surface area contributed by atoms with E-state index in [2.05, 4.69) is 4.98 Å². The van der Waals surface area contributed by atoms with Crippen molar-refractivity contribution in [2.75, 3.05) is 5.88 Å². The van der Waals surface area contributed by atoms with Crippen molar-refractivity contribution in [3.05, 3.63) is 17.2 Å². The summed E-state index contributed by atoms with van der Waals surface area (Å²) in [5, 5.41) is 27.7. The van der Waals surface area contributed by atoms with Crippen molar-refractivity contribution in [3.63, 3.8) is 0 Å². The molecule has 1 aromatic rings. The van der Waals surface area contributed by atoms with Gasteiger partial charge in [-0.15, -0.1) is 11.6 Å². The van der Waals surface area contributed by atoms with Crippen LogP contribution in [0.15, 0.2) is 6.20 Å². The van der Waals surface area contributed by atoms with E-state index < -0.39 is 11.3 Å². The molecule has 2 atom stereocenters. The van der Waals surface area contributed by atoms with Crippen LogP contribution in [0.1, 0.15) is 5.82 Å². The number of imidazole rings is 1. The topological polar surface area (TPSA) is 85.8 Å². The summed E-state index contributed by atoms with van der Waals surface area (Å²) in [6, 6.07) is 0. The Morgan fingerprint density at radius 1 is 1.79 bits per heavy atom. The number of nitrogens with zero attached hydrogens (tertiary/aromatic N) is 2. The molecule has 0 bridgehead atoms. The molecule has 0 aliphatic rings. The smallest absolute Gasteiger partial charge is 0.259 e. The predicted molar refractivity (Wildman–Crippen MR) is 49.5 cm³/mol. The number of aromatic nitrogens is 2. The molecule has 0 spiro atoms. The number of alkyl halides is 1. The molecule has 3 N–H and O–H groups in total. The Kier molecular flexibility index (Phi) is 3.85. The molecule has 0 fully saturated rings. The molecule has 2 unspecified atom stereocenters. The molecule has 7 heteroatoms. The number of quaternary nitrogens is 1. The maximum absolute atomic E-state index is 10.7. The second kappa shape index (κ2) is 4.72. The molecule has 6 nitrogen and oxygen atoms in total. The van der Waals surface area contributed by atoms with Gasteiger partial charge in [-0.05, 0) is 6.92 Å². The molecule has 14 heavy (non-hydrogen) atoms. The maximum Gasteiger partial charge on any atom is 0.259 e. The van der Waals surface area contributed by atoms with Crippen LogP contribution in [0.4, 0.5) is 5.82 Å². The molecule has 1 aromatic heterocycles. The van der Waals surface area contributed by atoms with Crippen LogP contribution in [-0.4, -0.2) is 31.8 Å². The molecule has 0 saturated heterocycles. The Bertz CT molecular complexity index is 302. The van der Waals surface area contributed by atoms with Gasteiger partial charge in [0.15, 0.2) is 0 Å². The molecule has 0 radical (unpaired) electrons. The van der Waals surface area contributed by atoms with Gasteiger partial charge < -0.3 is 10.3 Å². The van der Waals surface area contributed by atoms with E-state index in [1.54, 1.807) is 6.92 Å². The third-order valence-electron chi connectivity index (χ3n) is 1.85. The van der Waals surface area contributed by atoms with Crippen LogP contribution in [0.25, 0.3) is 0 Å². The second-order valence-corrected chi connectivity index (χ2v) is 3.22. The summed E-state index contributed by atoms with van der Waals surface area (Å²) in [6.45, 7) is 1.82. The number of aryl methyl sites for hydroxylation is 1. The third kappa shape index (κ3) is 2.43. The fourth-order valence-electron chi connectivity index (χ4n) is 1.13. The van der Waals surface area contributed by atoms with Crippen molar-refractivity contribution < 1.29 is 15.5 Å². The van der Waals surface area contributed by atoms with E-state index >= 15 is 0 Å². The van der Waals surface area contributed by atoms with Crippen LogP contribution >= 0.6 is 11.6 Å². The SMILES string of the molecule is Cc1ncc([NH+]([O-])O)n1CC(O)CCl. The normalized spacial score (nSPS) is 15.5. The Morgan fingerprint density at radius 3 is 2.93 bits per heavy atom. The summed E-state index contributed by atoms with van der Waals surface area (Å²) < 4.78 is 1.43. The van der Waals surface area contributed by atoms with E-state index in [1.807, 2.05) is 0 Å². The summed E-state index contributed by atoms with van der Waals surface area (Å²) in [6.07, 6.45) is 0.501. The monoisotopic (exact) mass is 221 g/mol. The van der Waals surface area contributed by atoms with Gasteiger partial charge in [0.1, 0.15) is 12.0 Å². The van der Waals surface area contributed by atoms with Gasteiger partial charge in [0.05, 0.1) is 18.5 Å². The molecule has 80 valence electrons. The van der Waals surface area contributed by atoms with E-state index in [1.165, 1.54) is 10.8 Å². The number of nitrogens with one attached hydrogen (secondary N) is 1. The highest BCUT2D eigenvalue weighted by molar-refractivity contribution is 6.18. The summed E-state index contributed by atoms with van der Waals surface area (Å²) in [5.74, 6) is 0.676. The van der Waals surface area contributed by atoms with Crippen molar-refractivity contribution in [2.45, 2.75) is 19.6 Å². The minimum absolute atomic E-state index is 0.0617. The minimum Gasteiger partial charge on any atom is -0.594 e. The highest BCUT2D eigenvalue weighted by Crippen LogP contribution is 2.07. The van der Waals surface area contributed by atoms with Gasteiger partial charge in [-0.25, -0.2) is 10.2 Å². The Hall–Kier alpha value is -0.660. The zero-order valence-corrected chi connectivity index (χ0v) is 8.40. The Balaban J connectivity index is 2.88. The zero-order valence-electron chi connectivity index (χ0n) is 7.64. The van der Waals surface area contributed by atoms with Crippen molar-refractivity contribution in [2.24, 2.45) is 0 Å². The first-order valence-corrected chi connectivity index (χ1v) is 4.59. The number of aliphatic hydroxyl groups excluding tert-OH is 1. The van der Waals surface area contributed by atoms with Crippen molar-refractivity contribution in [3.8, 4) is 0 Å². The number of aliphatic hydroxyl groups is 1. The number of hydrogen-bond acceptors (Lipinski definition) is 4. The van der Waals surface area contributed by atoms with E-state index in [0.29, 0.717) is 5.82 Å². The lowest BCUT2D eigenvalue weighted by atomic mass is 10.4. The van der Waals surface area contributed by atoms with Gasteiger partial charge in [0.25, 0.3) is 5.82 Å². The summed E-state index contributed by atoms with van der Waals surface area (Å²) in [5.41, 5.74) is 0. The van der Waals surface area contributed by atoms with Gasteiger partial charge >= 0.3 is 0 Å². The molecule has 1 rings (SSSR count). The minimum atomic E-state index is -1.06. The highest BCUT2D eigenvalue weighted by Gasteiger charge is 2.15. The molecular weight excluding hydrogens is 210 g/mol. The number of halogens is 1. The van der Waals surface area contributed by atoms with E-state index in [0.717, 1.165) is 0 Å². The van der Waals surface area contributed by atoms with Crippen LogP contribution in [0.2, 0.25) is 0 Å². The fraction of sp³-hybridized carbons (Fsp3) is 0.571. The van der Waals surface area contributed by atoms with Gasteiger partial charge in [-0.2, -0.15) is 5.23 Å². The summed E-state index contributed by atoms with van der Waals surface area (Å²) >= 11 is 5.42. The lowest BCUT2D eigenvalue weighted by Gasteiger charge is -2.16. The molecule has 0 amide bonds. The van der Waals surface area contributed by atoms with Gasteiger partial charge in [0, 0.05) is 0 Å². The lowest BCUT2D eigenvalue weighted by Crippen LogP contribution is -2.99. The number of hydrogen-bond donors (Lipinski definition) is 3. The number of rotatable bonds is 4. The van der Waals surface area contributed by atoms with Crippen LogP contribution in [0, 0.1) is 12.1 Å². The molecular formula is C7H12ClN3O3. The van der Waals surface area contributed by atoms with Crippen molar-refractivity contribution >= 4 is 17.4 Å². The molecule has 0 aromatic carbocycles. The van der Waals surface area contributed by atoms with E-state index in [4.69, 9.17) is 16.8 Å².